The van der Waals surface area contributed by atoms with Crippen LogP contribution in [0.2, 0.25) is 0 Å². The molecule has 0 unspecified atom stereocenters. The van der Waals surface area contributed by atoms with Gasteiger partial charge in [-0.05, 0) is 38.1 Å². The Labute approximate surface area is 169 Å². The quantitative estimate of drug-likeness (QED) is 0.524. The molecule has 0 radical (unpaired) electrons. The highest BCUT2D eigenvalue weighted by Crippen LogP contribution is 2.33. The minimum Gasteiger partial charge on any atom is -0.467 e. The van der Waals surface area contributed by atoms with Gasteiger partial charge in [0.05, 0.1) is 28.9 Å². The van der Waals surface area contributed by atoms with Gasteiger partial charge >= 0.3 is 0 Å². The summed E-state index contributed by atoms with van der Waals surface area (Å²) in [6.45, 7) is 3.84. The number of hydrogen-bond donors (Lipinski definition) is 1. The van der Waals surface area contributed by atoms with E-state index < -0.39 is 5.56 Å². The molecule has 1 N–H and O–H groups in total. The van der Waals surface area contributed by atoms with Crippen LogP contribution in [0.5, 0.6) is 0 Å². The Morgan fingerprint density at radius 2 is 2.10 bits per heavy atom. The predicted octanol–water partition coefficient (Wildman–Crippen LogP) is 3.15. The Balaban J connectivity index is 1.66. The molecule has 4 aromatic rings. The van der Waals surface area contributed by atoms with Crippen molar-refractivity contribution in [2.75, 3.05) is 0 Å². The van der Waals surface area contributed by atoms with E-state index in [9.17, 15) is 9.59 Å². The van der Waals surface area contributed by atoms with E-state index in [1.54, 1.807) is 36.5 Å². The summed E-state index contributed by atoms with van der Waals surface area (Å²) in [6.07, 6.45) is 1.53. The van der Waals surface area contributed by atoms with E-state index in [1.165, 1.54) is 12.3 Å². The highest BCUT2D eigenvalue weighted by atomic mass is 32.1. The zero-order valence-electron chi connectivity index (χ0n) is 15.8. The third-order valence-corrected chi connectivity index (χ3v) is 5.21. The first kappa shape index (κ1) is 18.9. The van der Waals surface area contributed by atoms with Crippen molar-refractivity contribution in [2.24, 2.45) is 0 Å². The maximum absolute atomic E-state index is 12.6. The van der Waals surface area contributed by atoms with Gasteiger partial charge in [0.25, 0.3) is 5.56 Å². The van der Waals surface area contributed by atoms with Crippen LogP contribution in [-0.2, 0) is 17.9 Å². The van der Waals surface area contributed by atoms with Crippen molar-refractivity contribution in [3.05, 3.63) is 69.3 Å². The molecule has 0 aliphatic rings. The summed E-state index contributed by atoms with van der Waals surface area (Å²) in [5.74, 6) is 0.750. The molecule has 0 aliphatic carbocycles. The lowest BCUT2D eigenvalue weighted by Crippen LogP contribution is -2.33. The summed E-state index contributed by atoms with van der Waals surface area (Å²) in [5, 5.41) is 11.1. The highest BCUT2D eigenvalue weighted by Gasteiger charge is 2.18. The Bertz CT molecular complexity index is 1200. The van der Waals surface area contributed by atoms with Crippen molar-refractivity contribution in [1.29, 1.82) is 0 Å². The molecule has 0 saturated heterocycles. The Morgan fingerprint density at radius 1 is 1.24 bits per heavy atom. The number of hydrogen-bond acceptors (Lipinski definition) is 7. The SMILES string of the molecule is Cc1cc(-c2cc(=O)n(CC(=O)NCc3ccco3)nc2-c2ccc(C)s2)on1. The van der Waals surface area contributed by atoms with Crippen molar-refractivity contribution in [2.45, 2.75) is 26.9 Å². The van der Waals surface area contributed by atoms with Crippen molar-refractivity contribution in [3.8, 4) is 21.9 Å². The third-order valence-electron chi connectivity index (χ3n) is 4.20. The van der Waals surface area contributed by atoms with Crippen molar-refractivity contribution < 1.29 is 13.7 Å². The molecule has 29 heavy (non-hydrogen) atoms. The molecule has 0 saturated carbocycles. The van der Waals surface area contributed by atoms with Crippen LogP contribution >= 0.6 is 11.3 Å². The van der Waals surface area contributed by atoms with Crippen LogP contribution in [0, 0.1) is 13.8 Å². The maximum Gasteiger partial charge on any atom is 0.268 e. The van der Waals surface area contributed by atoms with Gasteiger partial charge < -0.3 is 14.3 Å². The lowest BCUT2D eigenvalue weighted by Gasteiger charge is -2.10. The largest absolute Gasteiger partial charge is 0.467 e. The molecule has 4 rings (SSSR count). The molecule has 0 bridgehead atoms. The van der Waals surface area contributed by atoms with E-state index in [2.05, 4.69) is 15.6 Å². The molecular weight excluding hydrogens is 392 g/mol. The predicted molar refractivity (Wildman–Crippen MR) is 107 cm³/mol. The minimum atomic E-state index is -0.403. The second-order valence-corrected chi connectivity index (χ2v) is 7.79. The number of aromatic nitrogens is 3. The zero-order valence-corrected chi connectivity index (χ0v) is 16.7. The Hall–Kier alpha value is -3.46. The number of furan rings is 1. The summed E-state index contributed by atoms with van der Waals surface area (Å²) >= 11 is 1.55. The van der Waals surface area contributed by atoms with Crippen molar-refractivity contribution in [1.82, 2.24) is 20.3 Å². The first-order chi connectivity index (χ1) is 14.0. The van der Waals surface area contributed by atoms with E-state index in [0.29, 0.717) is 28.5 Å². The summed E-state index contributed by atoms with van der Waals surface area (Å²) in [5.41, 5.74) is 1.41. The summed E-state index contributed by atoms with van der Waals surface area (Å²) in [7, 11) is 0. The number of rotatable bonds is 6. The number of nitrogens with one attached hydrogen (secondary N) is 1. The number of thiophene rings is 1. The topological polar surface area (TPSA) is 103 Å². The van der Waals surface area contributed by atoms with Gasteiger partial charge in [0, 0.05) is 17.0 Å². The number of carbonyl (C=O) groups is 1. The number of carbonyl (C=O) groups excluding carboxylic acids is 1. The second kappa shape index (κ2) is 7.88. The first-order valence-corrected chi connectivity index (χ1v) is 9.73. The van der Waals surface area contributed by atoms with E-state index in [4.69, 9.17) is 8.94 Å². The monoisotopic (exact) mass is 410 g/mol. The fourth-order valence-corrected chi connectivity index (χ4v) is 3.68. The van der Waals surface area contributed by atoms with Gasteiger partial charge in [-0.25, -0.2) is 4.68 Å². The fraction of sp³-hybridized carbons (Fsp3) is 0.200. The first-order valence-electron chi connectivity index (χ1n) is 8.91. The van der Waals surface area contributed by atoms with Gasteiger partial charge in [-0.15, -0.1) is 11.3 Å². The fourth-order valence-electron chi connectivity index (χ4n) is 2.82. The zero-order chi connectivity index (χ0) is 20.4. The van der Waals surface area contributed by atoms with Crippen LogP contribution in [-0.4, -0.2) is 20.8 Å². The van der Waals surface area contributed by atoms with E-state index in [0.717, 1.165) is 14.4 Å². The second-order valence-electron chi connectivity index (χ2n) is 6.50. The number of nitrogens with zero attached hydrogens (tertiary/aromatic N) is 3. The highest BCUT2D eigenvalue weighted by molar-refractivity contribution is 7.15. The van der Waals surface area contributed by atoms with Crippen LogP contribution in [0.3, 0.4) is 0 Å². The number of amides is 1. The lowest BCUT2D eigenvalue weighted by molar-refractivity contribution is -0.122. The molecule has 0 aromatic carbocycles. The minimum absolute atomic E-state index is 0.202. The molecule has 1 amide bonds. The van der Waals surface area contributed by atoms with Crippen LogP contribution in [0.4, 0.5) is 0 Å². The molecule has 0 aliphatic heterocycles. The molecule has 0 spiro atoms. The molecular formula is C20H18N4O4S. The Morgan fingerprint density at radius 3 is 2.76 bits per heavy atom. The van der Waals surface area contributed by atoms with Crippen molar-refractivity contribution in [3.63, 3.8) is 0 Å². The standard InChI is InChI=1S/C20H18N4O4S/c1-12-8-16(28-23-12)15-9-19(26)24(22-20(15)17-6-5-13(2)29-17)11-18(25)21-10-14-4-3-7-27-14/h3-9H,10-11H2,1-2H3,(H,21,25). The molecule has 0 atom stereocenters. The van der Waals surface area contributed by atoms with Crippen LogP contribution in [0.15, 0.2) is 56.4 Å². The van der Waals surface area contributed by atoms with Crippen LogP contribution in [0.25, 0.3) is 21.9 Å². The molecule has 0 fully saturated rings. The van der Waals surface area contributed by atoms with Crippen molar-refractivity contribution >= 4 is 17.2 Å². The number of aryl methyl sites for hydroxylation is 2. The summed E-state index contributed by atoms with van der Waals surface area (Å²) in [4.78, 5) is 26.9. The summed E-state index contributed by atoms with van der Waals surface area (Å²) in [6, 6.07) is 10.6. The van der Waals surface area contributed by atoms with Gasteiger partial charge in [-0.1, -0.05) is 5.16 Å². The lowest BCUT2D eigenvalue weighted by atomic mass is 10.1. The molecule has 9 heteroatoms. The van der Waals surface area contributed by atoms with E-state index in [1.807, 2.05) is 19.1 Å². The van der Waals surface area contributed by atoms with Gasteiger partial charge in [-0.3, -0.25) is 9.59 Å². The third kappa shape index (κ3) is 4.19. The molecule has 148 valence electrons. The van der Waals surface area contributed by atoms with Gasteiger partial charge in [0.2, 0.25) is 5.91 Å². The average molecular weight is 410 g/mol. The molecule has 4 heterocycles. The van der Waals surface area contributed by atoms with Gasteiger partial charge in [0.15, 0.2) is 5.76 Å². The molecule has 8 nitrogen and oxygen atoms in total. The normalized spacial score (nSPS) is 11.0. The van der Waals surface area contributed by atoms with E-state index >= 15 is 0 Å². The van der Waals surface area contributed by atoms with Gasteiger partial charge in [-0.2, -0.15) is 5.10 Å². The maximum atomic E-state index is 12.6. The summed E-state index contributed by atoms with van der Waals surface area (Å²) < 4.78 is 11.7. The Kier molecular flexibility index (Phi) is 5.13. The van der Waals surface area contributed by atoms with Crippen LogP contribution < -0.4 is 10.9 Å². The average Bonchev–Trinajstić information content (AvgIpc) is 3.44. The van der Waals surface area contributed by atoms with Crippen LogP contribution in [0.1, 0.15) is 16.3 Å². The smallest absolute Gasteiger partial charge is 0.268 e. The van der Waals surface area contributed by atoms with E-state index in [-0.39, 0.29) is 19.0 Å². The van der Waals surface area contributed by atoms with Gasteiger partial charge in [0.1, 0.15) is 18.0 Å². The molecule has 4 aromatic heterocycles.